The molecule has 0 saturated heterocycles. The molecule has 4 nitrogen and oxygen atoms in total. The van der Waals surface area contributed by atoms with Gasteiger partial charge in [-0.2, -0.15) is 0 Å². The van der Waals surface area contributed by atoms with Crippen LogP contribution in [0.4, 0.5) is 5.69 Å². The zero-order valence-electron chi connectivity index (χ0n) is 12.7. The van der Waals surface area contributed by atoms with Crippen LogP contribution in [0.15, 0.2) is 24.3 Å². The summed E-state index contributed by atoms with van der Waals surface area (Å²) in [4.78, 5) is 24.4. The fourth-order valence-electron chi connectivity index (χ4n) is 1.79. The molecule has 0 unspecified atom stereocenters. The Morgan fingerprint density at radius 2 is 1.75 bits per heavy atom. The highest BCUT2D eigenvalue weighted by atomic mass is 16.2. The van der Waals surface area contributed by atoms with Crippen LogP contribution in [0.2, 0.25) is 0 Å². The Bertz CT molecular complexity index is 481. The van der Waals surface area contributed by atoms with E-state index in [1.54, 1.807) is 13.8 Å². The van der Waals surface area contributed by atoms with Crippen molar-refractivity contribution in [3.8, 4) is 0 Å². The van der Waals surface area contributed by atoms with Gasteiger partial charge in [-0.1, -0.05) is 32.0 Å². The lowest BCUT2D eigenvalue weighted by molar-refractivity contribution is -0.138. The van der Waals surface area contributed by atoms with Gasteiger partial charge in [-0.3, -0.25) is 9.59 Å². The summed E-state index contributed by atoms with van der Waals surface area (Å²) < 4.78 is 0. The Kier molecular flexibility index (Phi) is 5.74. The summed E-state index contributed by atoms with van der Waals surface area (Å²) in [5.41, 5.74) is 0.748. The average molecular weight is 276 g/mol. The quantitative estimate of drug-likeness (QED) is 0.785. The van der Waals surface area contributed by atoms with Crippen molar-refractivity contribution in [2.75, 3.05) is 11.9 Å². The van der Waals surface area contributed by atoms with Crippen LogP contribution in [0.3, 0.4) is 0 Å². The second-order valence-corrected chi connectivity index (χ2v) is 5.35. The van der Waals surface area contributed by atoms with Crippen molar-refractivity contribution in [3.63, 3.8) is 0 Å². The van der Waals surface area contributed by atoms with Gasteiger partial charge in [0, 0.05) is 12.2 Å². The van der Waals surface area contributed by atoms with Crippen molar-refractivity contribution < 1.29 is 9.59 Å². The number of hydrogen-bond donors (Lipinski definition) is 2. The van der Waals surface area contributed by atoms with Crippen molar-refractivity contribution in [2.24, 2.45) is 5.41 Å². The molecule has 0 spiro atoms. The van der Waals surface area contributed by atoms with Gasteiger partial charge in [0.1, 0.15) is 5.41 Å². The first kappa shape index (κ1) is 16.2. The van der Waals surface area contributed by atoms with Gasteiger partial charge in [0.05, 0.1) is 0 Å². The third kappa shape index (κ3) is 3.83. The molecule has 0 aliphatic rings. The van der Waals surface area contributed by atoms with Crippen LogP contribution in [0.5, 0.6) is 0 Å². The van der Waals surface area contributed by atoms with Gasteiger partial charge in [-0.05, 0) is 38.3 Å². The zero-order chi connectivity index (χ0) is 15.2. The molecule has 1 aromatic rings. The maximum absolute atomic E-state index is 12.3. The zero-order valence-corrected chi connectivity index (χ0v) is 12.7. The van der Waals surface area contributed by atoms with Crippen molar-refractivity contribution in [1.29, 1.82) is 0 Å². The fraction of sp³-hybridized carbons (Fsp3) is 0.500. The molecule has 0 aliphatic carbocycles. The van der Waals surface area contributed by atoms with E-state index in [9.17, 15) is 9.59 Å². The molecule has 1 aromatic carbocycles. The molecule has 0 bridgehead atoms. The Balaban J connectivity index is 2.81. The van der Waals surface area contributed by atoms with Gasteiger partial charge in [-0.15, -0.1) is 0 Å². The van der Waals surface area contributed by atoms with Crippen molar-refractivity contribution in [2.45, 2.75) is 40.5 Å². The minimum absolute atomic E-state index is 0.245. The average Bonchev–Trinajstić information content (AvgIpc) is 2.45. The highest BCUT2D eigenvalue weighted by molar-refractivity contribution is 6.10. The lowest BCUT2D eigenvalue weighted by atomic mass is 9.90. The number of nitrogens with one attached hydrogen (secondary N) is 2. The number of amides is 2. The van der Waals surface area contributed by atoms with Crippen LogP contribution in [0.25, 0.3) is 0 Å². The van der Waals surface area contributed by atoms with E-state index in [2.05, 4.69) is 10.6 Å². The van der Waals surface area contributed by atoms with Crippen molar-refractivity contribution in [1.82, 2.24) is 5.32 Å². The first-order chi connectivity index (χ1) is 9.43. The molecule has 0 heterocycles. The molecule has 0 atom stereocenters. The molecule has 0 saturated carbocycles. The van der Waals surface area contributed by atoms with Crippen molar-refractivity contribution in [3.05, 3.63) is 29.8 Å². The van der Waals surface area contributed by atoms with E-state index in [1.807, 2.05) is 38.1 Å². The largest absolute Gasteiger partial charge is 0.355 e. The Labute approximate surface area is 121 Å². The monoisotopic (exact) mass is 276 g/mol. The highest BCUT2D eigenvalue weighted by Crippen LogP contribution is 2.21. The Morgan fingerprint density at radius 1 is 1.10 bits per heavy atom. The smallest absolute Gasteiger partial charge is 0.239 e. The summed E-state index contributed by atoms with van der Waals surface area (Å²) in [6.07, 6.45) is 1.68. The molecule has 0 radical (unpaired) electrons. The maximum atomic E-state index is 12.3. The molecule has 2 amide bonds. The second kappa shape index (κ2) is 7.08. The van der Waals surface area contributed by atoms with Crippen LogP contribution in [-0.2, 0) is 16.0 Å². The SMILES string of the molecule is CCCNC(=O)C(C)(C)C(=O)Nc1ccccc1CC. The first-order valence-corrected chi connectivity index (χ1v) is 7.11. The summed E-state index contributed by atoms with van der Waals surface area (Å²) in [6, 6.07) is 7.64. The van der Waals surface area contributed by atoms with E-state index in [0.29, 0.717) is 6.54 Å². The van der Waals surface area contributed by atoms with Gasteiger partial charge in [-0.25, -0.2) is 0 Å². The van der Waals surface area contributed by atoms with E-state index in [1.165, 1.54) is 0 Å². The summed E-state index contributed by atoms with van der Waals surface area (Å²) in [5, 5.41) is 5.63. The molecule has 0 fully saturated rings. The number of para-hydroxylation sites is 1. The van der Waals surface area contributed by atoms with Crippen LogP contribution < -0.4 is 10.6 Å². The van der Waals surface area contributed by atoms with E-state index in [4.69, 9.17) is 0 Å². The van der Waals surface area contributed by atoms with Crippen LogP contribution >= 0.6 is 0 Å². The molecule has 20 heavy (non-hydrogen) atoms. The van der Waals surface area contributed by atoms with Gasteiger partial charge >= 0.3 is 0 Å². The third-order valence-electron chi connectivity index (χ3n) is 3.32. The van der Waals surface area contributed by atoms with Gasteiger partial charge < -0.3 is 10.6 Å². The Hall–Kier alpha value is -1.84. The number of aryl methyl sites for hydroxylation is 1. The predicted octanol–water partition coefficient (Wildman–Crippen LogP) is 2.74. The minimum Gasteiger partial charge on any atom is -0.355 e. The maximum Gasteiger partial charge on any atom is 0.239 e. The number of benzene rings is 1. The lowest BCUT2D eigenvalue weighted by Gasteiger charge is -2.23. The second-order valence-electron chi connectivity index (χ2n) is 5.35. The number of carbonyl (C=O) groups excluding carboxylic acids is 2. The molecule has 1 rings (SSSR count). The van der Waals surface area contributed by atoms with Gasteiger partial charge in [0.25, 0.3) is 0 Å². The molecule has 0 aromatic heterocycles. The molecular weight excluding hydrogens is 252 g/mol. The number of carbonyl (C=O) groups is 2. The predicted molar refractivity (Wildman–Crippen MR) is 81.5 cm³/mol. The summed E-state index contributed by atoms with van der Waals surface area (Å²) in [7, 11) is 0. The van der Waals surface area contributed by atoms with Crippen LogP contribution in [0.1, 0.15) is 39.7 Å². The fourth-order valence-corrected chi connectivity index (χ4v) is 1.79. The molecule has 4 heteroatoms. The van der Waals surface area contributed by atoms with E-state index >= 15 is 0 Å². The standard InChI is InChI=1S/C16H24N2O2/c1-5-11-17-14(19)16(3,4)15(20)18-13-10-8-7-9-12(13)6-2/h7-10H,5-6,11H2,1-4H3,(H,17,19)(H,18,20). The van der Waals surface area contributed by atoms with Crippen LogP contribution in [0, 0.1) is 5.41 Å². The normalized spacial score (nSPS) is 11.0. The van der Waals surface area contributed by atoms with E-state index in [-0.39, 0.29) is 11.8 Å². The molecule has 0 aliphatic heterocycles. The van der Waals surface area contributed by atoms with Crippen LogP contribution in [-0.4, -0.2) is 18.4 Å². The number of anilines is 1. The summed E-state index contributed by atoms with van der Waals surface area (Å²) in [6.45, 7) is 7.87. The highest BCUT2D eigenvalue weighted by Gasteiger charge is 2.35. The molecule has 110 valence electrons. The van der Waals surface area contributed by atoms with Crippen molar-refractivity contribution >= 4 is 17.5 Å². The number of hydrogen-bond acceptors (Lipinski definition) is 2. The summed E-state index contributed by atoms with van der Waals surface area (Å²) in [5.74, 6) is -0.530. The minimum atomic E-state index is -1.09. The number of rotatable bonds is 6. The topological polar surface area (TPSA) is 58.2 Å². The van der Waals surface area contributed by atoms with E-state index < -0.39 is 5.41 Å². The third-order valence-corrected chi connectivity index (χ3v) is 3.32. The van der Waals surface area contributed by atoms with E-state index in [0.717, 1.165) is 24.1 Å². The first-order valence-electron chi connectivity index (χ1n) is 7.11. The molecular formula is C16H24N2O2. The van der Waals surface area contributed by atoms with Gasteiger partial charge in [0.15, 0.2) is 0 Å². The summed E-state index contributed by atoms with van der Waals surface area (Å²) >= 11 is 0. The Morgan fingerprint density at radius 3 is 2.35 bits per heavy atom. The molecule has 2 N–H and O–H groups in total. The lowest BCUT2D eigenvalue weighted by Crippen LogP contribution is -2.45. The van der Waals surface area contributed by atoms with Gasteiger partial charge in [0.2, 0.25) is 11.8 Å².